The summed E-state index contributed by atoms with van der Waals surface area (Å²) in [6.07, 6.45) is 2.54. The van der Waals surface area contributed by atoms with Crippen LogP contribution in [0.2, 0.25) is 0 Å². The Morgan fingerprint density at radius 3 is 2.69 bits per heavy atom. The highest BCUT2D eigenvalue weighted by atomic mass is 32.2. The molecule has 3 aromatic rings. The fourth-order valence-corrected chi connectivity index (χ4v) is 3.95. The Labute approximate surface area is 172 Å². The minimum absolute atomic E-state index is 0.144. The van der Waals surface area contributed by atoms with Gasteiger partial charge >= 0.3 is 0 Å². The number of carbonyl (C=O) groups excluding carboxylic acids is 1. The van der Waals surface area contributed by atoms with Crippen molar-refractivity contribution in [3.8, 4) is 5.69 Å². The van der Waals surface area contributed by atoms with E-state index in [0.29, 0.717) is 10.8 Å². The van der Waals surface area contributed by atoms with Gasteiger partial charge in [0.25, 0.3) is 0 Å². The van der Waals surface area contributed by atoms with E-state index >= 15 is 0 Å². The number of hydrogen-bond donors (Lipinski definition) is 1. The summed E-state index contributed by atoms with van der Waals surface area (Å²) in [5.74, 6) is -0.387. The number of anilines is 1. The van der Waals surface area contributed by atoms with Gasteiger partial charge in [0.1, 0.15) is 5.82 Å². The molecule has 1 aliphatic rings. The van der Waals surface area contributed by atoms with Gasteiger partial charge in [-0.3, -0.25) is 9.69 Å². The number of likely N-dealkylation sites (tertiary alicyclic amines) is 1. The minimum atomic E-state index is -0.375. The van der Waals surface area contributed by atoms with E-state index in [-0.39, 0.29) is 17.5 Å². The van der Waals surface area contributed by atoms with Gasteiger partial charge in [-0.05, 0) is 72.3 Å². The van der Waals surface area contributed by atoms with Gasteiger partial charge in [0.2, 0.25) is 11.1 Å². The average Bonchev–Trinajstić information content (AvgIpc) is 3.40. The van der Waals surface area contributed by atoms with Crippen molar-refractivity contribution in [2.75, 3.05) is 24.2 Å². The number of benzene rings is 2. The van der Waals surface area contributed by atoms with Crippen LogP contribution in [-0.2, 0) is 11.3 Å². The number of nitrogens with zero attached hydrogens (tertiary/aromatic N) is 5. The zero-order valence-electron chi connectivity index (χ0n) is 15.8. The normalized spacial score (nSPS) is 14.2. The molecular formula is C20H21FN6OS. The summed E-state index contributed by atoms with van der Waals surface area (Å²) in [5.41, 5.74) is 2.51. The number of halogens is 1. The summed E-state index contributed by atoms with van der Waals surface area (Å²) in [6.45, 7) is 3.27. The predicted octanol–water partition coefficient (Wildman–Crippen LogP) is 3.13. The Bertz CT molecular complexity index is 971. The molecule has 29 heavy (non-hydrogen) atoms. The fraction of sp³-hybridized carbons (Fsp3) is 0.300. The molecule has 0 bridgehead atoms. The molecule has 2 aromatic carbocycles. The Morgan fingerprint density at radius 2 is 1.93 bits per heavy atom. The van der Waals surface area contributed by atoms with E-state index in [9.17, 15) is 9.18 Å². The zero-order chi connectivity index (χ0) is 20.1. The van der Waals surface area contributed by atoms with Gasteiger partial charge in [0.05, 0.1) is 11.4 Å². The van der Waals surface area contributed by atoms with Crippen molar-refractivity contribution in [3.63, 3.8) is 0 Å². The van der Waals surface area contributed by atoms with Crippen LogP contribution in [0.1, 0.15) is 18.4 Å². The number of tetrazole rings is 1. The molecule has 1 aromatic heterocycles. The largest absolute Gasteiger partial charge is 0.325 e. The third kappa shape index (κ3) is 5.18. The first-order chi connectivity index (χ1) is 14.2. The molecule has 0 radical (unpaired) electrons. The topological polar surface area (TPSA) is 75.9 Å². The first-order valence-electron chi connectivity index (χ1n) is 9.46. The lowest BCUT2D eigenvalue weighted by Gasteiger charge is -2.14. The maximum Gasteiger partial charge on any atom is 0.234 e. The zero-order valence-corrected chi connectivity index (χ0v) is 16.6. The number of hydrogen-bond acceptors (Lipinski definition) is 6. The van der Waals surface area contributed by atoms with Crippen molar-refractivity contribution in [3.05, 3.63) is 59.9 Å². The van der Waals surface area contributed by atoms with E-state index in [1.54, 1.807) is 12.1 Å². The molecule has 0 atom stereocenters. The van der Waals surface area contributed by atoms with Gasteiger partial charge in [-0.15, -0.1) is 5.10 Å². The summed E-state index contributed by atoms with van der Waals surface area (Å²) >= 11 is 1.19. The number of amides is 1. The highest BCUT2D eigenvalue weighted by molar-refractivity contribution is 7.99. The first-order valence-corrected chi connectivity index (χ1v) is 10.4. The third-order valence-electron chi connectivity index (χ3n) is 4.67. The molecule has 2 heterocycles. The number of aromatic nitrogens is 4. The monoisotopic (exact) mass is 412 g/mol. The second-order valence-electron chi connectivity index (χ2n) is 6.87. The summed E-state index contributed by atoms with van der Waals surface area (Å²) in [7, 11) is 0. The lowest BCUT2D eigenvalue weighted by molar-refractivity contribution is -0.113. The van der Waals surface area contributed by atoms with E-state index in [4.69, 9.17) is 0 Å². The minimum Gasteiger partial charge on any atom is -0.325 e. The van der Waals surface area contributed by atoms with Crippen LogP contribution in [0.15, 0.2) is 53.7 Å². The smallest absolute Gasteiger partial charge is 0.234 e. The molecule has 0 saturated carbocycles. The second kappa shape index (κ2) is 9.15. The molecule has 1 amide bonds. The lowest BCUT2D eigenvalue weighted by Crippen LogP contribution is -2.18. The van der Waals surface area contributed by atoms with E-state index < -0.39 is 0 Å². The molecule has 1 saturated heterocycles. The van der Waals surface area contributed by atoms with Crippen molar-refractivity contribution >= 4 is 23.4 Å². The molecule has 7 nitrogen and oxygen atoms in total. The van der Waals surface area contributed by atoms with Crippen LogP contribution >= 0.6 is 11.8 Å². The van der Waals surface area contributed by atoms with E-state index in [2.05, 4.69) is 25.7 Å². The van der Waals surface area contributed by atoms with Crippen LogP contribution < -0.4 is 5.32 Å². The summed E-state index contributed by atoms with van der Waals surface area (Å²) < 4.78 is 14.8. The molecule has 150 valence electrons. The average molecular weight is 412 g/mol. The van der Waals surface area contributed by atoms with Gasteiger partial charge in [-0.2, -0.15) is 4.68 Å². The van der Waals surface area contributed by atoms with Crippen LogP contribution in [0.5, 0.6) is 0 Å². The number of carbonyl (C=O) groups is 1. The van der Waals surface area contributed by atoms with Crippen LogP contribution in [0.3, 0.4) is 0 Å². The van der Waals surface area contributed by atoms with E-state index in [1.807, 2.05) is 24.3 Å². The molecule has 1 N–H and O–H groups in total. The van der Waals surface area contributed by atoms with Crippen molar-refractivity contribution < 1.29 is 9.18 Å². The van der Waals surface area contributed by atoms with Gasteiger partial charge in [-0.25, -0.2) is 4.39 Å². The quantitative estimate of drug-likeness (QED) is 0.601. The van der Waals surface area contributed by atoms with E-state index in [0.717, 1.165) is 25.3 Å². The summed E-state index contributed by atoms with van der Waals surface area (Å²) in [6, 6.07) is 13.9. The maximum absolute atomic E-state index is 13.4. The summed E-state index contributed by atoms with van der Waals surface area (Å²) in [4.78, 5) is 14.7. The van der Waals surface area contributed by atoms with Gasteiger partial charge in [-0.1, -0.05) is 30.0 Å². The van der Waals surface area contributed by atoms with E-state index in [1.165, 1.54) is 47.0 Å². The number of rotatable bonds is 7. The predicted molar refractivity (Wildman–Crippen MR) is 109 cm³/mol. The van der Waals surface area contributed by atoms with Gasteiger partial charge < -0.3 is 5.32 Å². The Balaban J connectivity index is 1.31. The van der Waals surface area contributed by atoms with Crippen molar-refractivity contribution in [1.82, 2.24) is 25.1 Å². The van der Waals surface area contributed by atoms with Crippen LogP contribution in [-0.4, -0.2) is 49.9 Å². The third-order valence-corrected chi connectivity index (χ3v) is 5.59. The lowest BCUT2D eigenvalue weighted by atomic mass is 10.2. The van der Waals surface area contributed by atoms with Crippen LogP contribution in [0.4, 0.5) is 10.1 Å². The van der Waals surface area contributed by atoms with Crippen molar-refractivity contribution in [2.45, 2.75) is 24.5 Å². The fourth-order valence-electron chi connectivity index (χ4n) is 3.26. The van der Waals surface area contributed by atoms with Crippen molar-refractivity contribution in [1.29, 1.82) is 0 Å². The number of nitrogens with one attached hydrogen (secondary N) is 1. The molecule has 0 unspecified atom stereocenters. The highest BCUT2D eigenvalue weighted by Gasteiger charge is 2.13. The second-order valence-corrected chi connectivity index (χ2v) is 7.81. The molecule has 4 rings (SSSR count). The highest BCUT2D eigenvalue weighted by Crippen LogP contribution is 2.20. The Kier molecular flexibility index (Phi) is 6.16. The molecular weight excluding hydrogens is 391 g/mol. The maximum atomic E-state index is 13.4. The molecule has 9 heteroatoms. The van der Waals surface area contributed by atoms with Crippen LogP contribution in [0.25, 0.3) is 5.69 Å². The molecule has 1 fully saturated rings. The Morgan fingerprint density at radius 1 is 1.14 bits per heavy atom. The first kappa shape index (κ1) is 19.5. The SMILES string of the molecule is O=C(CSc1nnnn1-c1cccc(F)c1)Nc1ccc(CN2CCCC2)cc1. The van der Waals surface area contributed by atoms with Crippen molar-refractivity contribution in [2.24, 2.45) is 0 Å². The molecule has 1 aliphatic heterocycles. The Hall–Kier alpha value is -2.78. The standard InChI is InChI=1S/C20H21FN6OS/c21-16-4-3-5-18(12-16)27-20(23-24-25-27)29-14-19(28)22-17-8-6-15(7-9-17)13-26-10-1-2-11-26/h3-9,12H,1-2,10-11,13-14H2,(H,22,28). The molecule has 0 aliphatic carbocycles. The molecule has 0 spiro atoms. The van der Waals surface area contributed by atoms with Gasteiger partial charge in [0.15, 0.2) is 0 Å². The number of thioether (sulfide) groups is 1. The van der Waals surface area contributed by atoms with Gasteiger partial charge in [0, 0.05) is 12.2 Å². The van der Waals surface area contributed by atoms with Crippen LogP contribution in [0, 0.1) is 5.82 Å². The summed E-state index contributed by atoms with van der Waals surface area (Å²) in [5, 5.41) is 14.7.